The molecule has 0 fully saturated rings. The highest BCUT2D eigenvalue weighted by molar-refractivity contribution is 7.86. The van der Waals surface area contributed by atoms with E-state index >= 15 is 0 Å². The van der Waals surface area contributed by atoms with E-state index in [2.05, 4.69) is 30.5 Å². The third kappa shape index (κ3) is 7.35. The molecule has 6 aromatic rings. The van der Waals surface area contributed by atoms with Gasteiger partial charge in [-0.3, -0.25) is 13.7 Å². The number of hydrogen-bond acceptors (Lipinski definition) is 14. The first-order chi connectivity index (χ1) is 24.4. The van der Waals surface area contributed by atoms with Crippen molar-refractivity contribution in [2.45, 2.75) is 21.6 Å². The molecule has 268 valence electrons. The molecule has 52 heavy (non-hydrogen) atoms. The minimum absolute atomic E-state index is 0.00451. The van der Waals surface area contributed by atoms with Crippen molar-refractivity contribution in [2.24, 2.45) is 10.2 Å². The molecule has 5 N–H and O–H groups in total. The molecule has 0 radical (unpaired) electrons. The van der Waals surface area contributed by atoms with Gasteiger partial charge in [0.15, 0.2) is 5.75 Å². The highest BCUT2D eigenvalue weighted by atomic mass is 32.2. The van der Waals surface area contributed by atoms with Gasteiger partial charge in [0.1, 0.15) is 20.4 Å². The summed E-state index contributed by atoms with van der Waals surface area (Å²) < 4.78 is 117. The van der Waals surface area contributed by atoms with Gasteiger partial charge in [-0.15, -0.1) is 5.11 Å². The Labute approximate surface area is 294 Å². The van der Waals surface area contributed by atoms with Crippen LogP contribution in [-0.2, 0) is 30.4 Å². The molecular formula is C31H24FN7O10S3. The third-order valence-electron chi connectivity index (χ3n) is 7.53. The average molecular weight is 770 g/mol. The number of rotatable bonds is 10. The number of anilines is 4. The van der Waals surface area contributed by atoms with E-state index in [0.29, 0.717) is 12.2 Å². The molecule has 0 spiro atoms. The van der Waals surface area contributed by atoms with Gasteiger partial charge in [0, 0.05) is 34.1 Å². The Hall–Kier alpha value is -5.71. The number of benzene rings is 5. The smallest absolute Gasteiger partial charge is 0.315 e. The van der Waals surface area contributed by atoms with E-state index in [9.17, 15) is 48.4 Å². The van der Waals surface area contributed by atoms with Crippen LogP contribution in [0.15, 0.2) is 110 Å². The summed E-state index contributed by atoms with van der Waals surface area (Å²) in [6.45, 7) is 2.20. The number of fused-ring (bicyclic) bond motifs is 2. The number of aromatic nitrogens is 3. The molecule has 0 amide bonds. The van der Waals surface area contributed by atoms with E-state index in [1.54, 1.807) is 29.2 Å². The van der Waals surface area contributed by atoms with Crippen LogP contribution < -0.4 is 10.2 Å². The Kier molecular flexibility index (Phi) is 9.33. The molecule has 6 rings (SSSR count). The van der Waals surface area contributed by atoms with Crippen molar-refractivity contribution in [1.82, 2.24) is 15.0 Å². The Morgan fingerprint density at radius 2 is 1.40 bits per heavy atom. The fourth-order valence-corrected chi connectivity index (χ4v) is 7.41. The van der Waals surface area contributed by atoms with Crippen molar-refractivity contribution in [3.05, 3.63) is 91.0 Å². The van der Waals surface area contributed by atoms with Gasteiger partial charge >= 0.3 is 6.08 Å². The predicted molar refractivity (Wildman–Crippen MR) is 185 cm³/mol. The Morgan fingerprint density at radius 1 is 0.712 bits per heavy atom. The van der Waals surface area contributed by atoms with Gasteiger partial charge < -0.3 is 15.3 Å². The molecular weight excluding hydrogens is 746 g/mol. The zero-order valence-corrected chi connectivity index (χ0v) is 28.8. The number of phenols is 1. The van der Waals surface area contributed by atoms with E-state index in [4.69, 9.17) is 0 Å². The maximum absolute atomic E-state index is 14.5. The molecule has 0 saturated heterocycles. The topological polar surface area (TPSA) is 262 Å². The van der Waals surface area contributed by atoms with Crippen molar-refractivity contribution in [2.75, 3.05) is 16.8 Å². The van der Waals surface area contributed by atoms with Gasteiger partial charge in [-0.25, -0.2) is 0 Å². The van der Waals surface area contributed by atoms with Crippen molar-refractivity contribution < 1.29 is 48.4 Å². The lowest BCUT2D eigenvalue weighted by Crippen LogP contribution is -2.20. The van der Waals surface area contributed by atoms with Crippen molar-refractivity contribution >= 4 is 86.5 Å². The highest BCUT2D eigenvalue weighted by Crippen LogP contribution is 2.43. The van der Waals surface area contributed by atoms with Gasteiger partial charge in [0.2, 0.25) is 11.9 Å². The molecule has 5 aromatic carbocycles. The van der Waals surface area contributed by atoms with Crippen LogP contribution in [0.1, 0.15) is 6.92 Å². The lowest BCUT2D eigenvalue weighted by atomic mass is 10.1. The Balaban J connectivity index is 1.42. The number of phenolic OH excluding ortho intramolecular Hbond substituents is 1. The van der Waals surface area contributed by atoms with E-state index < -0.39 is 68.2 Å². The summed E-state index contributed by atoms with van der Waals surface area (Å²) >= 11 is 0. The number of aromatic hydroxyl groups is 1. The summed E-state index contributed by atoms with van der Waals surface area (Å²) in [6, 6.07) is 19.0. The van der Waals surface area contributed by atoms with Crippen LogP contribution in [0.2, 0.25) is 0 Å². The maximum atomic E-state index is 14.5. The molecule has 0 aliphatic rings. The molecule has 1 heterocycles. The van der Waals surface area contributed by atoms with Gasteiger partial charge in [0.25, 0.3) is 30.4 Å². The van der Waals surface area contributed by atoms with Crippen molar-refractivity contribution in [3.63, 3.8) is 0 Å². The second kappa shape index (κ2) is 13.4. The quantitative estimate of drug-likeness (QED) is 0.0781. The second-order valence-corrected chi connectivity index (χ2v) is 15.0. The zero-order chi connectivity index (χ0) is 37.6. The molecule has 0 aliphatic heterocycles. The van der Waals surface area contributed by atoms with Gasteiger partial charge in [-0.1, -0.05) is 30.3 Å². The van der Waals surface area contributed by atoms with Crippen molar-refractivity contribution in [1.29, 1.82) is 0 Å². The number of hydrogen-bond donors (Lipinski definition) is 5. The van der Waals surface area contributed by atoms with Crippen molar-refractivity contribution in [3.8, 4) is 5.75 Å². The first-order valence-corrected chi connectivity index (χ1v) is 19.0. The standard InChI is InChI=1S/C31H24FN7O10S3/c1-2-39(20-7-4-3-5-8-20)31-35-29(32)34-30(36-31)33-18-11-12-21-17(13-18)14-26(52(47,48)49)27(28(21)40)38-37-19-15-23-22(25(16-19)51(44,45)46)9-6-10-24(23)50(41,42)43/h3-16,40H,2H2,1H3,(H,41,42,43)(H,44,45,46)(H,47,48,49)(H,33,34,35,36). The molecule has 0 aliphatic carbocycles. The Bertz CT molecular complexity index is 2770. The first kappa shape index (κ1) is 36.1. The van der Waals surface area contributed by atoms with Crippen LogP contribution in [0, 0.1) is 6.08 Å². The van der Waals surface area contributed by atoms with E-state index in [-0.39, 0.29) is 39.1 Å². The largest absolute Gasteiger partial charge is 0.505 e. The van der Waals surface area contributed by atoms with Crippen LogP contribution >= 0.6 is 0 Å². The molecule has 1 aromatic heterocycles. The van der Waals surface area contributed by atoms with Crippen LogP contribution in [0.3, 0.4) is 0 Å². The first-order valence-electron chi connectivity index (χ1n) is 14.7. The molecule has 17 nitrogen and oxygen atoms in total. The average Bonchev–Trinajstić information content (AvgIpc) is 3.06. The summed E-state index contributed by atoms with van der Waals surface area (Å²) in [7, 11) is -15.1. The van der Waals surface area contributed by atoms with E-state index in [1.807, 2.05) is 13.0 Å². The van der Waals surface area contributed by atoms with Gasteiger partial charge in [0.05, 0.1) is 5.69 Å². The summed E-state index contributed by atoms with van der Waals surface area (Å²) in [6.07, 6.45) is -1.09. The zero-order valence-electron chi connectivity index (χ0n) is 26.3. The van der Waals surface area contributed by atoms with E-state index in [1.165, 1.54) is 18.2 Å². The number of nitrogens with one attached hydrogen (secondary N) is 1. The number of azo groups is 1. The lowest BCUT2D eigenvalue weighted by molar-refractivity contribution is 0.472. The Morgan fingerprint density at radius 3 is 2.06 bits per heavy atom. The summed E-state index contributed by atoms with van der Waals surface area (Å²) in [4.78, 5) is 10.9. The number of nitrogens with zero attached hydrogens (tertiary/aromatic N) is 6. The molecule has 0 bridgehead atoms. The van der Waals surface area contributed by atoms with Gasteiger partial charge in [-0.2, -0.15) is 49.7 Å². The maximum Gasteiger partial charge on any atom is 0.315 e. The minimum Gasteiger partial charge on any atom is -0.505 e. The lowest BCUT2D eigenvalue weighted by Gasteiger charge is -2.21. The molecule has 0 unspecified atom stereocenters. The van der Waals surface area contributed by atoms with E-state index in [0.717, 1.165) is 36.4 Å². The molecule has 0 saturated carbocycles. The SMILES string of the molecule is CCN(c1ccccc1)c1nc(F)nc(Nc2ccc3c(O)c(N=Nc4cc(S(=O)(=O)O)c5cccc(S(=O)(=O)O)c5c4)c(S(=O)(=O)O)cc3c2)n1. The third-order valence-corrected chi connectivity index (χ3v) is 10.2. The van der Waals surface area contributed by atoms with Crippen LogP contribution in [-0.4, -0.2) is 65.5 Å². The fraction of sp³-hybridized carbons (Fsp3) is 0.0645. The van der Waals surface area contributed by atoms with Crippen LogP contribution in [0.25, 0.3) is 21.5 Å². The summed E-state index contributed by atoms with van der Waals surface area (Å²) in [5, 5.41) is 20.8. The summed E-state index contributed by atoms with van der Waals surface area (Å²) in [5.41, 5.74) is -0.368. The normalized spacial score (nSPS) is 12.5. The highest BCUT2D eigenvalue weighted by Gasteiger charge is 2.24. The number of para-hydroxylation sites is 1. The monoisotopic (exact) mass is 769 g/mol. The van der Waals surface area contributed by atoms with Crippen LogP contribution in [0.5, 0.6) is 5.75 Å². The molecule has 21 heteroatoms. The summed E-state index contributed by atoms with van der Waals surface area (Å²) in [5.74, 6) is -1.02. The van der Waals surface area contributed by atoms with Crippen LogP contribution in [0.4, 0.5) is 39.0 Å². The fourth-order valence-electron chi connectivity index (χ4n) is 5.33. The predicted octanol–water partition coefficient (Wildman–Crippen LogP) is 6.08. The second-order valence-electron chi connectivity index (χ2n) is 10.9. The minimum atomic E-state index is -5.14. The molecule has 0 atom stereocenters. The number of halogens is 1. The van der Waals surface area contributed by atoms with Gasteiger partial charge in [-0.05, 0) is 66.9 Å².